The molecule has 1 aliphatic carbocycles. The monoisotopic (exact) mass is 646 g/mol. The molecule has 10 nitrogen and oxygen atoms in total. The van der Waals surface area contributed by atoms with Crippen molar-refractivity contribution in [3.63, 3.8) is 0 Å². The molecule has 4 rings (SSSR count). The number of nitrogens with zero attached hydrogens (tertiary/aromatic N) is 3. The van der Waals surface area contributed by atoms with E-state index in [0.717, 1.165) is 36.1 Å². The number of nitrogens with one attached hydrogen (secondary N) is 1. The Kier molecular flexibility index (Phi) is 10.6. The van der Waals surface area contributed by atoms with Crippen LogP contribution in [0.3, 0.4) is 0 Å². The Hall–Kier alpha value is -3.67. The molecule has 1 fully saturated rings. The third-order valence-electron chi connectivity index (χ3n) is 7.36. The van der Waals surface area contributed by atoms with Gasteiger partial charge in [-0.3, -0.25) is 24.0 Å². The fourth-order valence-electron chi connectivity index (χ4n) is 5.13. The van der Waals surface area contributed by atoms with E-state index in [1.807, 2.05) is 0 Å². The van der Waals surface area contributed by atoms with Gasteiger partial charge in [0.15, 0.2) is 0 Å². The number of halogens is 2. The van der Waals surface area contributed by atoms with Crippen molar-refractivity contribution >= 4 is 56.4 Å². The number of nitro groups is 1. The van der Waals surface area contributed by atoms with Gasteiger partial charge in [-0.2, -0.15) is 0 Å². The minimum atomic E-state index is -4.36. The number of nitro benzene ring substituents is 1. The van der Waals surface area contributed by atoms with Crippen LogP contribution in [0.5, 0.6) is 0 Å². The molecule has 0 aliphatic heterocycles. The first-order valence-corrected chi connectivity index (χ1v) is 16.1. The molecule has 1 atom stereocenters. The molecule has 0 saturated heterocycles. The number of carbonyl (C=O) groups is 2. The van der Waals surface area contributed by atoms with Gasteiger partial charge in [-0.25, -0.2) is 8.42 Å². The predicted octanol–water partition coefficient (Wildman–Crippen LogP) is 5.96. The number of rotatable bonds is 12. The van der Waals surface area contributed by atoms with E-state index < -0.39 is 33.4 Å². The molecule has 43 heavy (non-hydrogen) atoms. The fourth-order valence-corrected chi connectivity index (χ4v) is 6.88. The molecule has 1 aliphatic rings. The van der Waals surface area contributed by atoms with Gasteiger partial charge in [0, 0.05) is 24.7 Å². The zero-order valence-electron chi connectivity index (χ0n) is 23.5. The number of anilines is 1. The van der Waals surface area contributed by atoms with Crippen LogP contribution >= 0.6 is 23.2 Å². The molecule has 2 amide bonds. The molecular formula is C30H32Cl2N4O6S. The third kappa shape index (κ3) is 7.84. The molecule has 0 radical (unpaired) electrons. The van der Waals surface area contributed by atoms with Crippen molar-refractivity contribution in [3.8, 4) is 0 Å². The van der Waals surface area contributed by atoms with Crippen LogP contribution in [0.15, 0.2) is 77.7 Å². The summed E-state index contributed by atoms with van der Waals surface area (Å²) in [6.07, 6.45) is 3.96. The Bertz CT molecular complexity index is 1580. The molecule has 0 heterocycles. The maximum absolute atomic E-state index is 14.2. The average Bonchev–Trinajstić information content (AvgIpc) is 3.51. The zero-order chi connectivity index (χ0) is 31.1. The highest BCUT2D eigenvalue weighted by atomic mass is 35.5. The van der Waals surface area contributed by atoms with E-state index in [4.69, 9.17) is 23.2 Å². The summed E-state index contributed by atoms with van der Waals surface area (Å²) in [7, 11) is -4.36. The summed E-state index contributed by atoms with van der Waals surface area (Å²) in [5.74, 6) is -1.01. The van der Waals surface area contributed by atoms with E-state index in [2.05, 4.69) is 5.32 Å². The van der Waals surface area contributed by atoms with Gasteiger partial charge in [0.05, 0.1) is 25.6 Å². The van der Waals surface area contributed by atoms with Crippen molar-refractivity contribution in [1.29, 1.82) is 0 Å². The van der Waals surface area contributed by atoms with E-state index in [-0.39, 0.29) is 46.2 Å². The summed E-state index contributed by atoms with van der Waals surface area (Å²) >= 11 is 12.3. The molecular weight excluding hydrogens is 615 g/mol. The van der Waals surface area contributed by atoms with Crippen LogP contribution in [0.2, 0.25) is 10.0 Å². The molecule has 3 aromatic carbocycles. The number of benzene rings is 3. The van der Waals surface area contributed by atoms with Crippen molar-refractivity contribution in [2.24, 2.45) is 0 Å². The Labute approximate surface area is 260 Å². The number of amides is 2. The quantitative estimate of drug-likeness (QED) is 0.191. The van der Waals surface area contributed by atoms with Gasteiger partial charge < -0.3 is 10.2 Å². The molecule has 13 heteroatoms. The second-order valence-corrected chi connectivity index (χ2v) is 13.0. The Morgan fingerprint density at radius 2 is 1.70 bits per heavy atom. The minimum absolute atomic E-state index is 0.00306. The van der Waals surface area contributed by atoms with Crippen LogP contribution in [-0.4, -0.2) is 48.7 Å². The number of carbonyl (C=O) groups excluding carboxylic acids is 2. The molecule has 1 saturated carbocycles. The summed E-state index contributed by atoms with van der Waals surface area (Å²) in [6.45, 7) is 1.00. The summed E-state index contributed by atoms with van der Waals surface area (Å²) in [5, 5.41) is 15.2. The van der Waals surface area contributed by atoms with Crippen LogP contribution in [0, 0.1) is 10.1 Å². The second-order valence-electron chi connectivity index (χ2n) is 10.3. The van der Waals surface area contributed by atoms with Crippen LogP contribution in [-0.2, 0) is 26.2 Å². The first-order chi connectivity index (χ1) is 20.5. The summed E-state index contributed by atoms with van der Waals surface area (Å²) in [6, 6.07) is 16.5. The van der Waals surface area contributed by atoms with Gasteiger partial charge in [0.2, 0.25) is 11.8 Å². The lowest BCUT2D eigenvalue weighted by Gasteiger charge is -2.33. The maximum Gasteiger partial charge on any atom is 0.271 e. The van der Waals surface area contributed by atoms with Crippen molar-refractivity contribution < 1.29 is 22.9 Å². The van der Waals surface area contributed by atoms with Gasteiger partial charge in [-0.1, -0.05) is 73.3 Å². The number of hydrogen-bond donors (Lipinski definition) is 1. The smallest absolute Gasteiger partial charge is 0.271 e. The summed E-state index contributed by atoms with van der Waals surface area (Å²) in [4.78, 5) is 39.8. The highest BCUT2D eigenvalue weighted by molar-refractivity contribution is 7.92. The number of non-ortho nitro benzene ring substituents is 1. The molecule has 0 bridgehead atoms. The van der Waals surface area contributed by atoms with Gasteiger partial charge in [0.25, 0.3) is 15.7 Å². The molecule has 3 aromatic rings. The zero-order valence-corrected chi connectivity index (χ0v) is 25.8. The van der Waals surface area contributed by atoms with Gasteiger partial charge >= 0.3 is 0 Å². The lowest BCUT2D eigenvalue weighted by Crippen LogP contribution is -2.53. The molecule has 0 aromatic heterocycles. The lowest BCUT2D eigenvalue weighted by molar-refractivity contribution is -0.384. The van der Waals surface area contributed by atoms with Gasteiger partial charge in [0.1, 0.15) is 12.6 Å². The predicted molar refractivity (Wildman–Crippen MR) is 166 cm³/mol. The van der Waals surface area contributed by atoms with Gasteiger partial charge in [-0.15, -0.1) is 0 Å². The molecule has 0 spiro atoms. The SMILES string of the molecule is CC[C@H](C(=O)NC1CCCC1)N(Cc1ccc(Cl)c(Cl)c1)C(=O)CN(c1cccc([N+](=O)[O-])c1)S(=O)(=O)c1ccccc1. The highest BCUT2D eigenvalue weighted by Crippen LogP contribution is 2.29. The molecule has 0 unspecified atom stereocenters. The average molecular weight is 648 g/mol. The molecule has 1 N–H and O–H groups in total. The largest absolute Gasteiger partial charge is 0.352 e. The van der Waals surface area contributed by atoms with E-state index in [0.29, 0.717) is 10.6 Å². The van der Waals surface area contributed by atoms with E-state index >= 15 is 0 Å². The van der Waals surface area contributed by atoms with Crippen molar-refractivity contribution in [2.45, 2.75) is 62.6 Å². The maximum atomic E-state index is 14.2. The van der Waals surface area contributed by atoms with E-state index in [9.17, 15) is 28.1 Å². The van der Waals surface area contributed by atoms with Gasteiger partial charge in [-0.05, 0) is 55.2 Å². The van der Waals surface area contributed by atoms with Crippen LogP contribution < -0.4 is 9.62 Å². The van der Waals surface area contributed by atoms with Crippen molar-refractivity contribution in [1.82, 2.24) is 10.2 Å². The first-order valence-electron chi connectivity index (χ1n) is 13.9. The summed E-state index contributed by atoms with van der Waals surface area (Å²) in [5.41, 5.74) is 0.181. The Morgan fingerprint density at radius 1 is 1.00 bits per heavy atom. The van der Waals surface area contributed by atoms with E-state index in [1.54, 1.807) is 31.2 Å². The first kappa shape index (κ1) is 32.2. The highest BCUT2D eigenvalue weighted by Gasteiger charge is 2.35. The topological polar surface area (TPSA) is 130 Å². The number of sulfonamides is 1. The Morgan fingerprint density at radius 3 is 2.33 bits per heavy atom. The fraction of sp³-hybridized carbons (Fsp3) is 0.333. The third-order valence-corrected chi connectivity index (χ3v) is 9.89. The van der Waals surface area contributed by atoms with Crippen molar-refractivity contribution in [3.05, 3.63) is 98.5 Å². The molecule has 228 valence electrons. The van der Waals surface area contributed by atoms with E-state index in [1.165, 1.54) is 47.4 Å². The van der Waals surface area contributed by atoms with Crippen molar-refractivity contribution in [2.75, 3.05) is 10.8 Å². The van der Waals surface area contributed by atoms with Crippen LogP contribution in [0.4, 0.5) is 11.4 Å². The second kappa shape index (κ2) is 14.2. The lowest BCUT2D eigenvalue weighted by atomic mass is 10.1. The number of hydrogen-bond acceptors (Lipinski definition) is 6. The normalized spacial score (nSPS) is 14.2. The minimum Gasteiger partial charge on any atom is -0.352 e. The Balaban J connectivity index is 1.75. The summed E-state index contributed by atoms with van der Waals surface area (Å²) < 4.78 is 28.6. The van der Waals surface area contributed by atoms with Crippen LogP contribution in [0.1, 0.15) is 44.6 Å². The van der Waals surface area contributed by atoms with Crippen LogP contribution in [0.25, 0.3) is 0 Å². The standard InChI is InChI=1S/C30H32Cl2N4O6S/c1-2-28(30(38)33-22-9-6-7-10-22)34(19-21-15-16-26(31)27(32)17-21)29(37)20-35(23-11-8-12-24(18-23)36(39)40)43(41,42)25-13-4-3-5-14-25/h3-5,8,11-18,22,28H,2,6-7,9-10,19-20H2,1H3,(H,33,38)/t28-/m1/s1.